The first kappa shape index (κ1) is 17.5. The van der Waals surface area contributed by atoms with E-state index in [1.165, 1.54) is 0 Å². The summed E-state index contributed by atoms with van der Waals surface area (Å²) in [5.41, 5.74) is 1.70. The average molecular weight is 376 g/mol. The summed E-state index contributed by atoms with van der Waals surface area (Å²) in [6.45, 7) is 6.37. The van der Waals surface area contributed by atoms with Crippen LogP contribution in [-0.4, -0.2) is 24.0 Å². The van der Waals surface area contributed by atoms with Crippen LogP contribution in [0.4, 0.5) is 11.5 Å². The van der Waals surface area contributed by atoms with Gasteiger partial charge in [-0.1, -0.05) is 29.8 Å². The van der Waals surface area contributed by atoms with Gasteiger partial charge in [0.2, 0.25) is 0 Å². The number of anilines is 2. The highest BCUT2D eigenvalue weighted by Gasteiger charge is 2.08. The molecule has 23 heavy (non-hydrogen) atoms. The van der Waals surface area contributed by atoms with Gasteiger partial charge < -0.3 is 10.2 Å². The van der Waals surface area contributed by atoms with Crippen LogP contribution >= 0.6 is 15.9 Å². The van der Waals surface area contributed by atoms with E-state index in [2.05, 4.69) is 45.0 Å². The summed E-state index contributed by atoms with van der Waals surface area (Å²) in [5.74, 6) is 0.409. The highest BCUT2D eigenvalue weighted by molar-refractivity contribution is 9.10. The van der Waals surface area contributed by atoms with E-state index in [0.29, 0.717) is 11.4 Å². The van der Waals surface area contributed by atoms with Crippen LogP contribution in [0.1, 0.15) is 37.0 Å². The van der Waals surface area contributed by atoms with Crippen LogP contribution in [0.3, 0.4) is 0 Å². The monoisotopic (exact) mass is 375 g/mol. The van der Waals surface area contributed by atoms with Gasteiger partial charge in [-0.05, 0) is 49.2 Å². The quantitative estimate of drug-likeness (QED) is 0.760. The number of halogens is 1. The molecule has 0 atom stereocenters. The lowest BCUT2D eigenvalue weighted by atomic mass is 10.2. The van der Waals surface area contributed by atoms with Crippen LogP contribution in [0, 0.1) is 0 Å². The van der Waals surface area contributed by atoms with Crippen molar-refractivity contribution in [1.29, 1.82) is 0 Å². The molecule has 0 fully saturated rings. The number of amides is 1. The SMILES string of the molecule is CCCN(CCC)c1ccc(NC(=O)c2ccc(Br)cc2)nc1. The molecule has 5 heteroatoms. The Bertz CT molecular complexity index is 620. The minimum Gasteiger partial charge on any atom is -0.370 e. The van der Waals surface area contributed by atoms with Gasteiger partial charge in [-0.15, -0.1) is 0 Å². The molecule has 0 saturated heterocycles. The second kappa shape index (κ2) is 8.67. The number of benzene rings is 1. The summed E-state index contributed by atoms with van der Waals surface area (Å²) in [6.07, 6.45) is 4.02. The number of aromatic nitrogens is 1. The maximum Gasteiger partial charge on any atom is 0.256 e. The van der Waals surface area contributed by atoms with Crippen LogP contribution in [0.2, 0.25) is 0 Å². The van der Waals surface area contributed by atoms with Crippen LogP contribution in [0.5, 0.6) is 0 Å². The number of hydrogen-bond donors (Lipinski definition) is 1. The number of carbonyl (C=O) groups is 1. The zero-order valence-corrected chi connectivity index (χ0v) is 15.1. The van der Waals surface area contributed by atoms with Gasteiger partial charge in [0, 0.05) is 23.1 Å². The zero-order chi connectivity index (χ0) is 16.7. The summed E-state index contributed by atoms with van der Waals surface area (Å²) >= 11 is 3.36. The smallest absolute Gasteiger partial charge is 0.256 e. The minimum absolute atomic E-state index is 0.156. The first-order valence-electron chi connectivity index (χ1n) is 7.92. The molecule has 4 nitrogen and oxygen atoms in total. The second-order valence-corrected chi connectivity index (χ2v) is 6.27. The third-order valence-electron chi connectivity index (χ3n) is 3.45. The highest BCUT2D eigenvalue weighted by atomic mass is 79.9. The first-order valence-corrected chi connectivity index (χ1v) is 8.71. The van der Waals surface area contributed by atoms with Crippen LogP contribution in [-0.2, 0) is 0 Å². The van der Waals surface area contributed by atoms with E-state index in [0.717, 1.165) is 36.1 Å². The van der Waals surface area contributed by atoms with E-state index in [-0.39, 0.29) is 5.91 Å². The third-order valence-corrected chi connectivity index (χ3v) is 3.98. The van der Waals surface area contributed by atoms with Gasteiger partial charge in [0.1, 0.15) is 5.82 Å². The summed E-state index contributed by atoms with van der Waals surface area (Å²) in [5, 5.41) is 2.82. The lowest BCUT2D eigenvalue weighted by Gasteiger charge is -2.23. The van der Waals surface area contributed by atoms with Gasteiger partial charge in [0.05, 0.1) is 11.9 Å². The molecule has 1 aromatic heterocycles. The van der Waals surface area contributed by atoms with E-state index in [1.807, 2.05) is 30.5 Å². The van der Waals surface area contributed by atoms with Gasteiger partial charge in [0.15, 0.2) is 0 Å². The Morgan fingerprint density at radius 3 is 2.26 bits per heavy atom. The number of hydrogen-bond acceptors (Lipinski definition) is 3. The van der Waals surface area contributed by atoms with E-state index in [9.17, 15) is 4.79 Å². The van der Waals surface area contributed by atoms with Crippen molar-refractivity contribution in [3.63, 3.8) is 0 Å². The van der Waals surface area contributed by atoms with Crippen molar-refractivity contribution < 1.29 is 4.79 Å². The van der Waals surface area contributed by atoms with Crippen molar-refractivity contribution in [3.05, 3.63) is 52.6 Å². The maximum absolute atomic E-state index is 12.2. The second-order valence-electron chi connectivity index (χ2n) is 5.35. The van der Waals surface area contributed by atoms with Crippen molar-refractivity contribution in [2.75, 3.05) is 23.3 Å². The van der Waals surface area contributed by atoms with E-state index < -0.39 is 0 Å². The molecule has 122 valence electrons. The van der Waals surface area contributed by atoms with Crippen molar-refractivity contribution in [3.8, 4) is 0 Å². The summed E-state index contributed by atoms with van der Waals surface area (Å²) in [7, 11) is 0. The molecule has 0 unspecified atom stereocenters. The molecule has 0 aliphatic heterocycles. The van der Waals surface area contributed by atoms with E-state index in [4.69, 9.17) is 0 Å². The third kappa shape index (κ3) is 5.06. The predicted molar refractivity (Wildman–Crippen MR) is 99.1 cm³/mol. The molecule has 0 aliphatic carbocycles. The molecule has 0 saturated carbocycles. The molecule has 1 heterocycles. The Balaban J connectivity index is 2.04. The highest BCUT2D eigenvalue weighted by Crippen LogP contribution is 2.17. The van der Waals surface area contributed by atoms with Crippen LogP contribution < -0.4 is 10.2 Å². The zero-order valence-electron chi connectivity index (χ0n) is 13.6. The van der Waals surface area contributed by atoms with E-state index in [1.54, 1.807) is 12.1 Å². The Kier molecular flexibility index (Phi) is 6.59. The molecule has 2 aromatic rings. The van der Waals surface area contributed by atoms with Crippen LogP contribution in [0.25, 0.3) is 0 Å². The summed E-state index contributed by atoms with van der Waals surface area (Å²) in [4.78, 5) is 18.8. The fraction of sp³-hybridized carbons (Fsp3) is 0.333. The molecule has 1 aromatic carbocycles. The Labute approximate surface area is 146 Å². The predicted octanol–water partition coefficient (Wildman–Crippen LogP) is 4.72. The maximum atomic E-state index is 12.2. The number of nitrogens with one attached hydrogen (secondary N) is 1. The van der Waals surface area contributed by atoms with Gasteiger partial charge in [-0.25, -0.2) is 4.98 Å². The van der Waals surface area contributed by atoms with Crippen molar-refractivity contribution in [2.24, 2.45) is 0 Å². The average Bonchev–Trinajstić information content (AvgIpc) is 2.56. The molecular weight excluding hydrogens is 354 g/mol. The lowest BCUT2D eigenvalue weighted by Crippen LogP contribution is -2.25. The molecule has 1 N–H and O–H groups in total. The van der Waals surface area contributed by atoms with Crippen molar-refractivity contribution in [2.45, 2.75) is 26.7 Å². The van der Waals surface area contributed by atoms with E-state index >= 15 is 0 Å². The fourth-order valence-corrected chi connectivity index (χ4v) is 2.61. The summed E-state index contributed by atoms with van der Waals surface area (Å²) < 4.78 is 0.948. The number of carbonyl (C=O) groups excluding carboxylic acids is 1. The van der Waals surface area contributed by atoms with Crippen molar-refractivity contribution >= 4 is 33.3 Å². The molecular formula is C18H22BrN3O. The molecule has 1 amide bonds. The largest absolute Gasteiger partial charge is 0.370 e. The van der Waals surface area contributed by atoms with Gasteiger partial charge in [-0.3, -0.25) is 4.79 Å². The first-order chi connectivity index (χ1) is 11.1. The molecule has 0 aliphatic rings. The molecule has 2 rings (SSSR count). The summed E-state index contributed by atoms with van der Waals surface area (Å²) in [6, 6.07) is 11.1. The standard InChI is InChI=1S/C18H22BrN3O/c1-3-11-22(12-4-2)16-9-10-17(20-13-16)21-18(23)14-5-7-15(19)8-6-14/h5-10,13H,3-4,11-12H2,1-2H3,(H,20,21,23). The lowest BCUT2D eigenvalue weighted by molar-refractivity contribution is 0.102. The normalized spacial score (nSPS) is 10.4. The molecule has 0 radical (unpaired) electrons. The van der Waals surface area contributed by atoms with Gasteiger partial charge in [0.25, 0.3) is 5.91 Å². The number of nitrogens with zero attached hydrogens (tertiary/aromatic N) is 2. The minimum atomic E-state index is -0.156. The Morgan fingerprint density at radius 1 is 1.09 bits per heavy atom. The topological polar surface area (TPSA) is 45.2 Å². The van der Waals surface area contributed by atoms with Crippen molar-refractivity contribution in [1.82, 2.24) is 4.98 Å². The Morgan fingerprint density at radius 2 is 1.74 bits per heavy atom. The molecule has 0 bridgehead atoms. The van der Waals surface area contributed by atoms with Gasteiger partial charge in [-0.2, -0.15) is 0 Å². The Hall–Kier alpha value is -1.88. The van der Waals surface area contributed by atoms with Gasteiger partial charge >= 0.3 is 0 Å². The number of pyridine rings is 1. The van der Waals surface area contributed by atoms with Crippen LogP contribution in [0.15, 0.2) is 47.1 Å². The fourth-order valence-electron chi connectivity index (χ4n) is 2.35. The molecule has 0 spiro atoms. The number of rotatable bonds is 7.